The van der Waals surface area contributed by atoms with Crippen LogP contribution in [0.1, 0.15) is 45.8 Å². The summed E-state index contributed by atoms with van der Waals surface area (Å²) < 4.78 is 16.8. The molecule has 1 amide bonds. The van der Waals surface area contributed by atoms with E-state index in [1.54, 1.807) is 25.3 Å². The summed E-state index contributed by atoms with van der Waals surface area (Å²) in [6.07, 6.45) is 0. The van der Waals surface area contributed by atoms with Gasteiger partial charge in [-0.05, 0) is 55.7 Å². The van der Waals surface area contributed by atoms with Crippen LogP contribution in [0.15, 0.2) is 39.5 Å². The van der Waals surface area contributed by atoms with Gasteiger partial charge in [0.2, 0.25) is 5.76 Å². The number of aryl methyl sites for hydroxylation is 2. The second-order valence-corrected chi connectivity index (χ2v) is 6.88. The first-order valence-corrected chi connectivity index (χ1v) is 9.14. The van der Waals surface area contributed by atoms with Crippen LogP contribution in [0.5, 0.6) is 11.5 Å². The van der Waals surface area contributed by atoms with E-state index in [0.29, 0.717) is 34.6 Å². The molecule has 0 saturated carbocycles. The zero-order valence-corrected chi connectivity index (χ0v) is 16.2. The van der Waals surface area contributed by atoms with Gasteiger partial charge in [-0.25, -0.2) is 0 Å². The standard InChI is InChI=1S/C22H21NO5/c1-5-27-15-7-6-13(10-16(15)26-4)18-17-19(24)14-9-11(2)8-12(3)20(14)28-21(17)22(25)23-18/h6-10,18H,5H2,1-4H3,(H,23,25). The molecule has 2 aromatic carbocycles. The van der Waals surface area contributed by atoms with E-state index >= 15 is 0 Å². The smallest absolute Gasteiger partial charge is 0.288 e. The summed E-state index contributed by atoms with van der Waals surface area (Å²) in [4.78, 5) is 25.8. The maximum atomic E-state index is 13.3. The summed E-state index contributed by atoms with van der Waals surface area (Å²) in [6, 6.07) is 8.49. The van der Waals surface area contributed by atoms with E-state index in [1.165, 1.54) is 0 Å². The molecule has 0 radical (unpaired) electrons. The number of carbonyl (C=O) groups is 1. The van der Waals surface area contributed by atoms with Gasteiger partial charge in [0.15, 0.2) is 16.9 Å². The molecule has 1 unspecified atom stereocenters. The van der Waals surface area contributed by atoms with Crippen molar-refractivity contribution in [3.8, 4) is 11.5 Å². The van der Waals surface area contributed by atoms with Crippen molar-refractivity contribution in [2.24, 2.45) is 0 Å². The number of benzene rings is 2. The van der Waals surface area contributed by atoms with Crippen molar-refractivity contribution in [1.82, 2.24) is 5.32 Å². The molecule has 1 N–H and O–H groups in total. The minimum Gasteiger partial charge on any atom is -0.493 e. The fourth-order valence-corrected chi connectivity index (χ4v) is 3.75. The van der Waals surface area contributed by atoms with Crippen molar-refractivity contribution in [3.63, 3.8) is 0 Å². The van der Waals surface area contributed by atoms with Crippen molar-refractivity contribution < 1.29 is 18.7 Å². The molecule has 0 saturated heterocycles. The molecule has 6 nitrogen and oxygen atoms in total. The fourth-order valence-electron chi connectivity index (χ4n) is 3.75. The summed E-state index contributed by atoms with van der Waals surface area (Å²) in [5.41, 5.74) is 3.11. The van der Waals surface area contributed by atoms with E-state index in [4.69, 9.17) is 13.9 Å². The molecule has 1 aliphatic heterocycles. The van der Waals surface area contributed by atoms with Gasteiger partial charge in [-0.1, -0.05) is 12.1 Å². The Kier molecular flexibility index (Phi) is 4.34. The highest BCUT2D eigenvalue weighted by Gasteiger charge is 2.36. The Morgan fingerprint density at radius 1 is 1.11 bits per heavy atom. The normalized spacial score (nSPS) is 15.4. The molecule has 0 aliphatic carbocycles. The maximum Gasteiger partial charge on any atom is 0.288 e. The highest BCUT2D eigenvalue weighted by Crippen LogP contribution is 2.36. The number of ether oxygens (including phenoxy) is 2. The summed E-state index contributed by atoms with van der Waals surface area (Å²) in [5, 5.41) is 3.34. The number of rotatable bonds is 4. The molecular formula is C22H21NO5. The zero-order chi connectivity index (χ0) is 20.0. The van der Waals surface area contributed by atoms with Crippen LogP contribution in [0.2, 0.25) is 0 Å². The number of nitrogens with one attached hydrogen (secondary N) is 1. The molecule has 1 aromatic heterocycles. The highest BCUT2D eigenvalue weighted by molar-refractivity contribution is 5.99. The number of hydrogen-bond acceptors (Lipinski definition) is 5. The molecule has 2 heterocycles. The van der Waals surface area contributed by atoms with Gasteiger partial charge in [0.1, 0.15) is 5.58 Å². The lowest BCUT2D eigenvalue weighted by Crippen LogP contribution is -2.22. The molecule has 0 spiro atoms. The first-order valence-electron chi connectivity index (χ1n) is 9.14. The van der Waals surface area contributed by atoms with Gasteiger partial charge in [-0.15, -0.1) is 0 Å². The Morgan fingerprint density at radius 2 is 1.89 bits per heavy atom. The van der Waals surface area contributed by atoms with Crippen LogP contribution in [0, 0.1) is 13.8 Å². The van der Waals surface area contributed by atoms with Gasteiger partial charge in [0.05, 0.1) is 30.7 Å². The molecule has 1 aliphatic rings. The molecule has 0 fully saturated rings. The Morgan fingerprint density at radius 3 is 2.61 bits per heavy atom. The van der Waals surface area contributed by atoms with Gasteiger partial charge < -0.3 is 19.2 Å². The summed E-state index contributed by atoms with van der Waals surface area (Å²) in [6.45, 7) is 6.19. The molecule has 28 heavy (non-hydrogen) atoms. The lowest BCUT2D eigenvalue weighted by atomic mass is 9.97. The molecule has 1 atom stereocenters. The quantitative estimate of drug-likeness (QED) is 0.749. The van der Waals surface area contributed by atoms with Crippen LogP contribution in [0.25, 0.3) is 11.0 Å². The molecule has 144 valence electrons. The van der Waals surface area contributed by atoms with Gasteiger partial charge in [0.25, 0.3) is 5.91 Å². The zero-order valence-electron chi connectivity index (χ0n) is 16.2. The second kappa shape index (κ2) is 6.71. The molecule has 6 heteroatoms. The van der Waals surface area contributed by atoms with Gasteiger partial charge in [-0.3, -0.25) is 9.59 Å². The molecule has 3 aromatic rings. The number of methoxy groups -OCH3 is 1. The van der Waals surface area contributed by atoms with Crippen LogP contribution in [0.3, 0.4) is 0 Å². The highest BCUT2D eigenvalue weighted by atomic mass is 16.5. The van der Waals surface area contributed by atoms with Crippen LogP contribution < -0.4 is 20.2 Å². The van der Waals surface area contributed by atoms with Crippen LogP contribution in [-0.2, 0) is 0 Å². The second-order valence-electron chi connectivity index (χ2n) is 6.88. The Labute approximate surface area is 162 Å². The first kappa shape index (κ1) is 18.1. The third kappa shape index (κ3) is 2.72. The Hall–Kier alpha value is -3.28. The number of carbonyl (C=O) groups excluding carboxylic acids is 1. The van der Waals surface area contributed by atoms with Crippen molar-refractivity contribution in [1.29, 1.82) is 0 Å². The third-order valence-electron chi connectivity index (χ3n) is 4.95. The number of fused-ring (bicyclic) bond motifs is 2. The van der Waals surface area contributed by atoms with Crippen molar-refractivity contribution in [2.75, 3.05) is 13.7 Å². The lowest BCUT2D eigenvalue weighted by molar-refractivity contribution is 0.0938. The minimum absolute atomic E-state index is 0.0716. The van der Waals surface area contributed by atoms with E-state index in [0.717, 1.165) is 16.7 Å². The average Bonchev–Trinajstić information content (AvgIpc) is 3.00. The third-order valence-corrected chi connectivity index (χ3v) is 4.95. The minimum atomic E-state index is -0.603. The summed E-state index contributed by atoms with van der Waals surface area (Å²) in [7, 11) is 1.55. The number of amides is 1. The first-order chi connectivity index (χ1) is 13.4. The van der Waals surface area contributed by atoms with Crippen molar-refractivity contribution in [2.45, 2.75) is 26.8 Å². The SMILES string of the molecule is CCOc1ccc(C2NC(=O)c3oc4c(C)cc(C)cc4c(=O)c32)cc1OC. The predicted octanol–water partition coefficient (Wildman–Crippen LogP) is 3.65. The molecule has 0 bridgehead atoms. The maximum absolute atomic E-state index is 13.3. The van der Waals surface area contributed by atoms with E-state index in [9.17, 15) is 9.59 Å². The molecule has 4 rings (SSSR count). The van der Waals surface area contributed by atoms with Crippen LogP contribution in [-0.4, -0.2) is 19.6 Å². The number of hydrogen-bond donors (Lipinski definition) is 1. The topological polar surface area (TPSA) is 77.8 Å². The van der Waals surface area contributed by atoms with Gasteiger partial charge in [0, 0.05) is 0 Å². The fraction of sp³-hybridized carbons (Fsp3) is 0.273. The van der Waals surface area contributed by atoms with E-state index in [-0.39, 0.29) is 11.2 Å². The van der Waals surface area contributed by atoms with Gasteiger partial charge >= 0.3 is 0 Å². The van der Waals surface area contributed by atoms with Crippen LogP contribution >= 0.6 is 0 Å². The summed E-state index contributed by atoms with van der Waals surface area (Å²) in [5.74, 6) is 0.822. The summed E-state index contributed by atoms with van der Waals surface area (Å²) >= 11 is 0. The lowest BCUT2D eigenvalue weighted by Gasteiger charge is -2.15. The molecular weight excluding hydrogens is 358 g/mol. The van der Waals surface area contributed by atoms with Crippen LogP contribution in [0.4, 0.5) is 0 Å². The Balaban J connectivity index is 1.92. The Bertz CT molecular complexity index is 1160. The largest absolute Gasteiger partial charge is 0.493 e. The monoisotopic (exact) mass is 379 g/mol. The predicted molar refractivity (Wildman–Crippen MR) is 105 cm³/mol. The van der Waals surface area contributed by atoms with Gasteiger partial charge in [-0.2, -0.15) is 0 Å². The van der Waals surface area contributed by atoms with Crippen molar-refractivity contribution >= 4 is 16.9 Å². The van der Waals surface area contributed by atoms with Crippen molar-refractivity contribution in [3.05, 3.63) is 68.6 Å². The van der Waals surface area contributed by atoms with E-state index in [2.05, 4.69) is 5.32 Å². The van der Waals surface area contributed by atoms with E-state index < -0.39 is 11.9 Å². The van der Waals surface area contributed by atoms with E-state index in [1.807, 2.05) is 32.9 Å². The average molecular weight is 379 g/mol.